The average Bonchev–Trinajstić information content (AvgIpc) is 2.26. The maximum Gasteiger partial charge on any atom is 0.0384 e. The van der Waals surface area contributed by atoms with Crippen molar-refractivity contribution in [3.05, 3.63) is 0 Å². The van der Waals surface area contributed by atoms with Gasteiger partial charge in [0.05, 0.1) is 0 Å². The third kappa shape index (κ3) is 2.23. The molecule has 1 aliphatic heterocycles. The highest BCUT2D eigenvalue weighted by molar-refractivity contribution is 4.98. The summed E-state index contributed by atoms with van der Waals surface area (Å²) in [6, 6.07) is 0.860. The minimum absolute atomic E-state index is 0.117. The van der Waals surface area contributed by atoms with Crippen molar-refractivity contribution in [2.24, 2.45) is 5.73 Å². The summed E-state index contributed by atoms with van der Waals surface area (Å²) in [5.41, 5.74) is 6.13. The highest BCUT2D eigenvalue weighted by atomic mass is 15.3. The molecule has 2 fully saturated rings. The first-order valence-electron chi connectivity index (χ1n) is 5.70. The van der Waals surface area contributed by atoms with Gasteiger partial charge in [-0.2, -0.15) is 0 Å². The number of hydrogen-bond donors (Lipinski definition) is 1. The minimum Gasteiger partial charge on any atom is -0.323 e. The standard InChI is InChI=1S/C11H22N2/c1-11(12)8-13(9-11)10-6-4-2-3-5-7-10/h10H,2-9,12H2,1H3. The lowest BCUT2D eigenvalue weighted by Crippen LogP contribution is -2.67. The van der Waals surface area contributed by atoms with E-state index in [1.165, 1.54) is 38.5 Å². The topological polar surface area (TPSA) is 29.3 Å². The van der Waals surface area contributed by atoms with Gasteiger partial charge in [0, 0.05) is 24.7 Å². The van der Waals surface area contributed by atoms with Crippen LogP contribution in [-0.2, 0) is 0 Å². The van der Waals surface area contributed by atoms with E-state index >= 15 is 0 Å². The van der Waals surface area contributed by atoms with Crippen molar-refractivity contribution in [3.8, 4) is 0 Å². The first kappa shape index (κ1) is 9.47. The number of hydrogen-bond acceptors (Lipinski definition) is 2. The predicted molar refractivity (Wildman–Crippen MR) is 55.7 cm³/mol. The largest absolute Gasteiger partial charge is 0.323 e. The minimum atomic E-state index is 0.117. The van der Waals surface area contributed by atoms with Gasteiger partial charge >= 0.3 is 0 Å². The van der Waals surface area contributed by atoms with Gasteiger partial charge in [0.1, 0.15) is 0 Å². The molecule has 2 heteroatoms. The van der Waals surface area contributed by atoms with Crippen molar-refractivity contribution >= 4 is 0 Å². The summed E-state index contributed by atoms with van der Waals surface area (Å²) in [4.78, 5) is 2.59. The maximum atomic E-state index is 6.02. The van der Waals surface area contributed by atoms with Crippen LogP contribution in [0, 0.1) is 0 Å². The van der Waals surface area contributed by atoms with Crippen molar-refractivity contribution in [1.29, 1.82) is 0 Å². The Bertz CT molecular complexity index is 161. The molecule has 0 unspecified atom stereocenters. The van der Waals surface area contributed by atoms with Crippen LogP contribution in [0.25, 0.3) is 0 Å². The van der Waals surface area contributed by atoms with E-state index in [9.17, 15) is 0 Å². The molecule has 1 heterocycles. The van der Waals surface area contributed by atoms with Gasteiger partial charge in [-0.3, -0.25) is 4.90 Å². The van der Waals surface area contributed by atoms with Crippen LogP contribution in [0.3, 0.4) is 0 Å². The van der Waals surface area contributed by atoms with Crippen molar-refractivity contribution < 1.29 is 0 Å². The molecule has 2 N–H and O–H groups in total. The van der Waals surface area contributed by atoms with Gasteiger partial charge in [-0.1, -0.05) is 25.7 Å². The molecule has 1 aliphatic carbocycles. The lowest BCUT2D eigenvalue weighted by molar-refractivity contribution is 0.0331. The Hall–Kier alpha value is -0.0800. The fraction of sp³-hybridized carbons (Fsp3) is 1.00. The zero-order chi connectivity index (χ0) is 9.31. The Morgan fingerprint density at radius 1 is 1.08 bits per heavy atom. The van der Waals surface area contributed by atoms with Crippen LogP contribution in [0.1, 0.15) is 45.4 Å². The molecule has 2 nitrogen and oxygen atoms in total. The zero-order valence-corrected chi connectivity index (χ0v) is 8.76. The van der Waals surface area contributed by atoms with Crippen LogP contribution in [0.4, 0.5) is 0 Å². The monoisotopic (exact) mass is 182 g/mol. The van der Waals surface area contributed by atoms with Crippen molar-refractivity contribution in [2.45, 2.75) is 57.0 Å². The average molecular weight is 182 g/mol. The van der Waals surface area contributed by atoms with Crippen LogP contribution in [0.2, 0.25) is 0 Å². The van der Waals surface area contributed by atoms with Gasteiger partial charge in [0.15, 0.2) is 0 Å². The Labute approximate surface area is 81.5 Å². The first-order chi connectivity index (χ1) is 6.17. The van der Waals surface area contributed by atoms with Gasteiger partial charge in [0.2, 0.25) is 0 Å². The quantitative estimate of drug-likeness (QED) is 0.626. The van der Waals surface area contributed by atoms with Gasteiger partial charge in [-0.25, -0.2) is 0 Å². The fourth-order valence-corrected chi connectivity index (χ4v) is 2.76. The molecular weight excluding hydrogens is 160 g/mol. The zero-order valence-electron chi connectivity index (χ0n) is 8.76. The molecule has 0 amide bonds. The summed E-state index contributed by atoms with van der Waals surface area (Å²) in [7, 11) is 0. The lowest BCUT2D eigenvalue weighted by atomic mass is 9.90. The summed E-state index contributed by atoms with van der Waals surface area (Å²) in [6.45, 7) is 4.41. The second kappa shape index (κ2) is 3.58. The normalized spacial score (nSPS) is 30.9. The summed E-state index contributed by atoms with van der Waals surface area (Å²) in [6.07, 6.45) is 8.59. The highest BCUT2D eigenvalue weighted by Crippen LogP contribution is 2.28. The van der Waals surface area contributed by atoms with Crippen LogP contribution in [-0.4, -0.2) is 29.6 Å². The summed E-state index contributed by atoms with van der Waals surface area (Å²) < 4.78 is 0. The molecular formula is C11H22N2. The van der Waals surface area contributed by atoms with Crippen molar-refractivity contribution in [1.82, 2.24) is 4.90 Å². The smallest absolute Gasteiger partial charge is 0.0384 e. The molecule has 0 bridgehead atoms. The highest BCUT2D eigenvalue weighted by Gasteiger charge is 2.38. The molecule has 76 valence electrons. The molecule has 2 aliphatic rings. The van der Waals surface area contributed by atoms with Crippen LogP contribution in [0.5, 0.6) is 0 Å². The Morgan fingerprint density at radius 3 is 2.08 bits per heavy atom. The summed E-state index contributed by atoms with van der Waals surface area (Å²) in [5.74, 6) is 0. The molecule has 0 aromatic carbocycles. The lowest BCUT2D eigenvalue weighted by Gasteiger charge is -2.49. The number of nitrogens with zero attached hydrogens (tertiary/aromatic N) is 1. The van der Waals surface area contributed by atoms with Crippen molar-refractivity contribution in [3.63, 3.8) is 0 Å². The summed E-state index contributed by atoms with van der Waals surface area (Å²) in [5, 5.41) is 0. The van der Waals surface area contributed by atoms with E-state index in [1.54, 1.807) is 0 Å². The van der Waals surface area contributed by atoms with Gasteiger partial charge in [-0.05, 0) is 19.8 Å². The molecule has 0 spiro atoms. The number of rotatable bonds is 1. The first-order valence-corrected chi connectivity index (χ1v) is 5.70. The molecule has 0 aromatic rings. The Kier molecular flexibility index (Phi) is 2.61. The fourth-order valence-electron chi connectivity index (χ4n) is 2.76. The predicted octanol–water partition coefficient (Wildman–Crippen LogP) is 1.74. The summed E-state index contributed by atoms with van der Waals surface area (Å²) >= 11 is 0. The van der Waals surface area contributed by atoms with E-state index in [1.807, 2.05) is 0 Å². The molecule has 0 atom stereocenters. The van der Waals surface area contributed by atoms with Crippen LogP contribution < -0.4 is 5.73 Å². The van der Waals surface area contributed by atoms with E-state index in [0.717, 1.165) is 19.1 Å². The molecule has 0 aromatic heterocycles. The van der Waals surface area contributed by atoms with Crippen LogP contribution in [0.15, 0.2) is 0 Å². The number of nitrogens with two attached hydrogens (primary N) is 1. The number of likely N-dealkylation sites (tertiary alicyclic amines) is 1. The SMILES string of the molecule is CC1(N)CN(C2CCCCCC2)C1. The van der Waals surface area contributed by atoms with Gasteiger partial charge in [0.25, 0.3) is 0 Å². The molecule has 0 radical (unpaired) electrons. The van der Waals surface area contributed by atoms with Crippen molar-refractivity contribution in [2.75, 3.05) is 13.1 Å². The third-order valence-electron chi connectivity index (χ3n) is 3.47. The second-order valence-electron chi connectivity index (χ2n) is 5.20. The van der Waals surface area contributed by atoms with E-state index in [4.69, 9.17) is 5.73 Å². The second-order valence-corrected chi connectivity index (χ2v) is 5.20. The maximum absolute atomic E-state index is 6.02. The van der Waals surface area contributed by atoms with Gasteiger partial charge in [-0.15, -0.1) is 0 Å². The van der Waals surface area contributed by atoms with Crippen LogP contribution >= 0.6 is 0 Å². The van der Waals surface area contributed by atoms with E-state index in [2.05, 4.69) is 11.8 Å². The van der Waals surface area contributed by atoms with E-state index in [0.29, 0.717) is 0 Å². The van der Waals surface area contributed by atoms with Gasteiger partial charge < -0.3 is 5.73 Å². The molecule has 1 saturated carbocycles. The Balaban J connectivity index is 1.80. The van der Waals surface area contributed by atoms with E-state index < -0.39 is 0 Å². The third-order valence-corrected chi connectivity index (χ3v) is 3.47. The molecule has 2 rings (SSSR count). The Morgan fingerprint density at radius 2 is 1.62 bits per heavy atom. The molecule has 13 heavy (non-hydrogen) atoms. The molecule has 1 saturated heterocycles. The van der Waals surface area contributed by atoms with E-state index in [-0.39, 0.29) is 5.54 Å².